The van der Waals surface area contributed by atoms with Crippen molar-refractivity contribution >= 4 is 35.1 Å². The van der Waals surface area contributed by atoms with Crippen molar-refractivity contribution in [3.05, 3.63) is 35.9 Å². The van der Waals surface area contributed by atoms with Gasteiger partial charge in [-0.25, -0.2) is 0 Å². The van der Waals surface area contributed by atoms with Crippen LogP contribution in [-0.2, 0) is 16.0 Å². The summed E-state index contributed by atoms with van der Waals surface area (Å²) in [5.41, 5.74) is 6.65. The first-order valence-corrected chi connectivity index (χ1v) is 6.63. The largest absolute Gasteiger partial charge is 0.423 e. The molecule has 2 N–H and O–H groups in total. The van der Waals surface area contributed by atoms with Gasteiger partial charge in [0, 0.05) is 13.8 Å². The smallest absolute Gasteiger partial charge is 0.308 e. The Morgan fingerprint density at radius 1 is 0.955 bits per heavy atom. The van der Waals surface area contributed by atoms with E-state index in [0.29, 0.717) is 6.54 Å². The van der Waals surface area contributed by atoms with E-state index in [2.05, 4.69) is 0 Å². The number of hydrogen-bond acceptors (Lipinski definition) is 5. The van der Waals surface area contributed by atoms with Gasteiger partial charge >= 0.3 is 11.9 Å². The first-order valence-electron chi connectivity index (χ1n) is 6.63. The molecule has 0 unspecified atom stereocenters. The number of hydrogen-bond donors (Lipinski definition) is 1. The van der Waals surface area contributed by atoms with Crippen LogP contribution in [-0.4, -0.2) is 18.5 Å². The quantitative estimate of drug-likeness (QED) is 0.691. The van der Waals surface area contributed by atoms with Gasteiger partial charge in [0.15, 0.2) is 11.5 Å². The van der Waals surface area contributed by atoms with Crippen LogP contribution in [0, 0.1) is 0 Å². The standard InChI is InChI=1S/C16H17NO4.ClH/c1-10(18)20-15-8-13-4-3-12(5-6-17)7-14(13)9-16(15)21-11(2)19;/h3-4,7-9H,5-6,17H2,1-2H3;1H. The average molecular weight is 324 g/mol. The van der Waals surface area contributed by atoms with E-state index < -0.39 is 11.9 Å². The van der Waals surface area contributed by atoms with E-state index in [4.69, 9.17) is 15.2 Å². The van der Waals surface area contributed by atoms with E-state index in [1.807, 2.05) is 18.2 Å². The van der Waals surface area contributed by atoms with E-state index in [-0.39, 0.29) is 23.9 Å². The first kappa shape index (κ1) is 17.9. The van der Waals surface area contributed by atoms with Gasteiger partial charge in [0.2, 0.25) is 0 Å². The molecule has 0 atom stereocenters. The highest BCUT2D eigenvalue weighted by atomic mass is 35.5. The third-order valence-corrected chi connectivity index (χ3v) is 2.91. The molecule has 0 aliphatic carbocycles. The zero-order chi connectivity index (χ0) is 15.4. The van der Waals surface area contributed by atoms with Crippen LogP contribution in [0.5, 0.6) is 11.5 Å². The number of carbonyl (C=O) groups is 2. The zero-order valence-electron chi connectivity index (χ0n) is 12.4. The molecule has 0 aromatic heterocycles. The van der Waals surface area contributed by atoms with Crippen molar-refractivity contribution in [1.82, 2.24) is 0 Å². The van der Waals surface area contributed by atoms with Crippen LogP contribution in [0.25, 0.3) is 10.8 Å². The van der Waals surface area contributed by atoms with Crippen LogP contribution in [0.3, 0.4) is 0 Å². The fourth-order valence-corrected chi connectivity index (χ4v) is 2.10. The number of halogens is 1. The lowest BCUT2D eigenvalue weighted by molar-refractivity contribution is -0.134. The Kier molecular flexibility index (Phi) is 6.34. The van der Waals surface area contributed by atoms with Gasteiger partial charge in [-0.15, -0.1) is 12.4 Å². The maximum Gasteiger partial charge on any atom is 0.308 e. The summed E-state index contributed by atoms with van der Waals surface area (Å²) in [5.74, 6) is -0.477. The summed E-state index contributed by atoms with van der Waals surface area (Å²) < 4.78 is 10.2. The van der Waals surface area contributed by atoms with E-state index in [9.17, 15) is 9.59 Å². The number of esters is 2. The van der Waals surface area contributed by atoms with Crippen LogP contribution in [0.2, 0.25) is 0 Å². The topological polar surface area (TPSA) is 78.6 Å². The van der Waals surface area contributed by atoms with Crippen molar-refractivity contribution in [2.45, 2.75) is 20.3 Å². The second-order valence-electron chi connectivity index (χ2n) is 4.71. The van der Waals surface area contributed by atoms with Crippen molar-refractivity contribution in [3.63, 3.8) is 0 Å². The zero-order valence-corrected chi connectivity index (χ0v) is 13.2. The van der Waals surface area contributed by atoms with Gasteiger partial charge < -0.3 is 15.2 Å². The molecule has 0 aliphatic heterocycles. The third kappa shape index (κ3) is 4.44. The van der Waals surface area contributed by atoms with Crippen molar-refractivity contribution in [1.29, 1.82) is 0 Å². The number of benzene rings is 2. The molecule has 0 aliphatic rings. The Morgan fingerprint density at radius 3 is 2.00 bits per heavy atom. The normalized spacial score (nSPS) is 9.95. The SMILES string of the molecule is CC(=O)Oc1cc2ccc(CCN)cc2cc1OC(C)=O.Cl. The Hall–Kier alpha value is -2.11. The minimum atomic E-state index is -0.471. The Balaban J connectivity index is 0.00000242. The van der Waals surface area contributed by atoms with Gasteiger partial charge in [-0.3, -0.25) is 9.59 Å². The van der Waals surface area contributed by atoms with Crippen molar-refractivity contribution < 1.29 is 19.1 Å². The lowest BCUT2D eigenvalue weighted by Gasteiger charge is -2.11. The number of rotatable bonds is 4. The van der Waals surface area contributed by atoms with Crippen molar-refractivity contribution in [3.8, 4) is 11.5 Å². The summed E-state index contributed by atoms with van der Waals surface area (Å²) >= 11 is 0. The number of fused-ring (bicyclic) bond motifs is 1. The van der Waals surface area contributed by atoms with Crippen molar-refractivity contribution in [2.24, 2.45) is 5.73 Å². The van der Waals surface area contributed by atoms with Crippen LogP contribution >= 0.6 is 12.4 Å². The maximum atomic E-state index is 11.2. The molecule has 0 saturated heterocycles. The van der Waals surface area contributed by atoms with E-state index >= 15 is 0 Å². The molecule has 0 saturated carbocycles. The Labute approximate surface area is 134 Å². The summed E-state index contributed by atoms with van der Waals surface area (Å²) in [6.45, 7) is 3.16. The monoisotopic (exact) mass is 323 g/mol. The first-order chi connectivity index (χ1) is 9.99. The van der Waals surface area contributed by atoms with Crippen LogP contribution < -0.4 is 15.2 Å². The molecular formula is C16H18ClNO4. The highest BCUT2D eigenvalue weighted by molar-refractivity contribution is 5.88. The fraction of sp³-hybridized carbons (Fsp3) is 0.250. The second-order valence-corrected chi connectivity index (χ2v) is 4.71. The maximum absolute atomic E-state index is 11.2. The highest BCUT2D eigenvalue weighted by Crippen LogP contribution is 2.33. The van der Waals surface area contributed by atoms with Gasteiger partial charge in [0.1, 0.15) is 0 Å². The third-order valence-electron chi connectivity index (χ3n) is 2.91. The summed E-state index contributed by atoms with van der Waals surface area (Å²) in [7, 11) is 0. The molecule has 6 heteroatoms. The van der Waals surface area contributed by atoms with E-state index in [1.54, 1.807) is 12.1 Å². The summed E-state index contributed by atoms with van der Waals surface area (Å²) in [6, 6.07) is 9.24. The molecule has 0 fully saturated rings. The van der Waals surface area contributed by atoms with Crippen LogP contribution in [0.1, 0.15) is 19.4 Å². The lowest BCUT2D eigenvalue weighted by atomic mass is 10.0. The van der Waals surface area contributed by atoms with Crippen molar-refractivity contribution in [2.75, 3.05) is 6.54 Å². The van der Waals surface area contributed by atoms with Gasteiger partial charge in [-0.2, -0.15) is 0 Å². The van der Waals surface area contributed by atoms with E-state index in [0.717, 1.165) is 22.8 Å². The number of carbonyl (C=O) groups excluding carboxylic acids is 2. The molecule has 0 radical (unpaired) electrons. The molecule has 0 bridgehead atoms. The Morgan fingerprint density at radius 2 is 1.50 bits per heavy atom. The second kappa shape index (κ2) is 7.77. The lowest BCUT2D eigenvalue weighted by Crippen LogP contribution is -2.07. The molecule has 2 aromatic carbocycles. The number of ether oxygens (including phenoxy) is 2. The molecule has 2 rings (SSSR count). The van der Waals surface area contributed by atoms with Crippen LogP contribution in [0.4, 0.5) is 0 Å². The van der Waals surface area contributed by atoms with Gasteiger partial charge in [-0.1, -0.05) is 18.2 Å². The molecule has 0 spiro atoms. The highest BCUT2D eigenvalue weighted by Gasteiger charge is 2.12. The molecule has 2 aromatic rings. The minimum Gasteiger partial charge on any atom is -0.423 e. The minimum absolute atomic E-state index is 0. The molecule has 5 nitrogen and oxygen atoms in total. The summed E-state index contributed by atoms with van der Waals surface area (Å²) in [4.78, 5) is 22.3. The molecule has 0 amide bonds. The molecule has 22 heavy (non-hydrogen) atoms. The summed E-state index contributed by atoms with van der Waals surface area (Å²) in [5, 5.41) is 1.79. The Bertz CT molecular complexity index is 700. The van der Waals surface area contributed by atoms with Gasteiger partial charge in [0.25, 0.3) is 0 Å². The molecule has 0 heterocycles. The fourth-order valence-electron chi connectivity index (χ4n) is 2.10. The number of nitrogens with two attached hydrogens (primary N) is 1. The average Bonchev–Trinajstić information content (AvgIpc) is 2.39. The molecule has 118 valence electrons. The molecular weight excluding hydrogens is 306 g/mol. The predicted molar refractivity (Wildman–Crippen MR) is 86.6 cm³/mol. The van der Waals surface area contributed by atoms with Gasteiger partial charge in [-0.05, 0) is 41.4 Å². The van der Waals surface area contributed by atoms with Crippen LogP contribution in [0.15, 0.2) is 30.3 Å². The predicted octanol–water partition coefficient (Wildman–Crippen LogP) is 2.61. The summed E-state index contributed by atoms with van der Waals surface area (Å²) in [6.07, 6.45) is 0.768. The van der Waals surface area contributed by atoms with E-state index in [1.165, 1.54) is 13.8 Å². The van der Waals surface area contributed by atoms with Gasteiger partial charge in [0.05, 0.1) is 0 Å².